The van der Waals surface area contributed by atoms with E-state index in [1.807, 2.05) is 0 Å². The number of rotatable bonds is 3. The van der Waals surface area contributed by atoms with Crippen molar-refractivity contribution in [3.05, 3.63) is 33.4 Å². The summed E-state index contributed by atoms with van der Waals surface area (Å²) in [5.41, 5.74) is 7.14. The Hall–Kier alpha value is -0.130. The molecule has 1 fully saturated rings. The van der Waals surface area contributed by atoms with Crippen LogP contribution in [0.25, 0.3) is 0 Å². The molecule has 1 aliphatic carbocycles. The average Bonchev–Trinajstić information content (AvgIpc) is 2.35. The van der Waals surface area contributed by atoms with Crippen LogP contribution in [0.4, 0.5) is 0 Å². The first-order valence-electron chi connectivity index (χ1n) is 6.29. The molecule has 1 aliphatic rings. The van der Waals surface area contributed by atoms with Gasteiger partial charge in [0.15, 0.2) is 0 Å². The van der Waals surface area contributed by atoms with Crippen molar-refractivity contribution in [1.29, 1.82) is 0 Å². The molecule has 0 radical (unpaired) electrons. The van der Waals surface area contributed by atoms with E-state index < -0.39 is 0 Å². The molecule has 2 nitrogen and oxygen atoms in total. The number of aliphatic hydroxyl groups is 1. The quantitative estimate of drug-likeness (QED) is 0.828. The van der Waals surface area contributed by atoms with Gasteiger partial charge in [-0.3, -0.25) is 0 Å². The maximum absolute atomic E-state index is 10.3. The Morgan fingerprint density at radius 3 is 2.59 bits per heavy atom. The molecule has 17 heavy (non-hydrogen) atoms. The van der Waals surface area contributed by atoms with Gasteiger partial charge in [0.2, 0.25) is 0 Å². The van der Waals surface area contributed by atoms with Gasteiger partial charge in [0.1, 0.15) is 0 Å². The smallest absolute Gasteiger partial charge is 0.0611 e. The van der Waals surface area contributed by atoms with Crippen LogP contribution >= 0.6 is 22.6 Å². The fraction of sp³-hybridized carbons (Fsp3) is 0.571. The second kappa shape index (κ2) is 5.67. The van der Waals surface area contributed by atoms with E-state index in [9.17, 15) is 5.11 Å². The lowest BCUT2D eigenvalue weighted by molar-refractivity contribution is -0.00585. The molecule has 2 rings (SSSR count). The molecule has 0 amide bonds. The van der Waals surface area contributed by atoms with E-state index in [-0.39, 0.29) is 11.5 Å². The molecular weight excluding hydrogens is 325 g/mol. The highest BCUT2D eigenvalue weighted by Crippen LogP contribution is 2.38. The summed E-state index contributed by atoms with van der Waals surface area (Å²) in [5.74, 6) is 0. The van der Waals surface area contributed by atoms with E-state index in [0.717, 1.165) is 25.7 Å². The monoisotopic (exact) mass is 345 g/mol. The lowest BCUT2D eigenvalue weighted by Gasteiger charge is -2.41. The Bertz CT molecular complexity index is 365. The normalized spacial score (nSPS) is 29.2. The second-order valence-corrected chi connectivity index (χ2v) is 6.38. The van der Waals surface area contributed by atoms with E-state index in [1.165, 1.54) is 15.6 Å². The van der Waals surface area contributed by atoms with Gasteiger partial charge >= 0.3 is 0 Å². The largest absolute Gasteiger partial charge is 0.392 e. The van der Waals surface area contributed by atoms with Crippen molar-refractivity contribution in [3.63, 3.8) is 0 Å². The summed E-state index contributed by atoms with van der Waals surface area (Å²) in [5, 5.41) is 10.3. The van der Waals surface area contributed by atoms with Gasteiger partial charge < -0.3 is 10.8 Å². The predicted octanol–water partition coefficient (Wildman–Crippen LogP) is 2.71. The van der Waals surface area contributed by atoms with Crippen LogP contribution in [0.2, 0.25) is 0 Å². The van der Waals surface area contributed by atoms with E-state index in [0.29, 0.717) is 6.54 Å². The first-order chi connectivity index (χ1) is 8.16. The van der Waals surface area contributed by atoms with Crippen molar-refractivity contribution in [1.82, 2.24) is 0 Å². The van der Waals surface area contributed by atoms with Crippen molar-refractivity contribution < 1.29 is 5.11 Å². The Morgan fingerprint density at radius 1 is 1.29 bits per heavy atom. The molecular formula is C14H20INO. The third-order valence-corrected chi connectivity index (χ3v) is 4.70. The minimum atomic E-state index is -0.236. The molecule has 0 aliphatic heterocycles. The number of hydrogen-bond acceptors (Lipinski definition) is 2. The molecule has 2 atom stereocenters. The lowest BCUT2D eigenvalue weighted by atomic mass is 9.68. The highest BCUT2D eigenvalue weighted by molar-refractivity contribution is 14.1. The highest BCUT2D eigenvalue weighted by Gasteiger charge is 2.38. The Morgan fingerprint density at radius 2 is 2.00 bits per heavy atom. The van der Waals surface area contributed by atoms with Gasteiger partial charge in [-0.1, -0.05) is 25.0 Å². The summed E-state index contributed by atoms with van der Waals surface area (Å²) < 4.78 is 1.25. The molecule has 3 N–H and O–H groups in total. The van der Waals surface area contributed by atoms with Gasteiger partial charge in [0.25, 0.3) is 0 Å². The predicted molar refractivity (Wildman–Crippen MR) is 78.8 cm³/mol. The van der Waals surface area contributed by atoms with Crippen LogP contribution in [0, 0.1) is 8.99 Å². The summed E-state index contributed by atoms with van der Waals surface area (Å²) in [6.45, 7) is 0.583. The van der Waals surface area contributed by atoms with Crippen molar-refractivity contribution >= 4 is 22.6 Å². The van der Waals surface area contributed by atoms with Crippen molar-refractivity contribution in [2.45, 2.75) is 38.2 Å². The minimum Gasteiger partial charge on any atom is -0.392 e. The van der Waals surface area contributed by atoms with Crippen LogP contribution in [0.5, 0.6) is 0 Å². The third kappa shape index (κ3) is 3.01. The molecule has 1 aromatic carbocycles. The number of benzene rings is 1. The number of halogens is 1. The molecule has 2 unspecified atom stereocenters. The minimum absolute atomic E-state index is 0.0922. The van der Waals surface area contributed by atoms with Crippen LogP contribution in [0.15, 0.2) is 24.3 Å². The maximum Gasteiger partial charge on any atom is 0.0611 e. The van der Waals surface area contributed by atoms with Crippen LogP contribution < -0.4 is 5.73 Å². The maximum atomic E-state index is 10.3. The molecule has 1 aromatic rings. The fourth-order valence-electron chi connectivity index (χ4n) is 2.81. The molecule has 3 heteroatoms. The average molecular weight is 345 g/mol. The lowest BCUT2D eigenvalue weighted by Crippen LogP contribution is -2.45. The van der Waals surface area contributed by atoms with Crippen LogP contribution in [0.3, 0.4) is 0 Å². The molecule has 0 heterocycles. The molecule has 0 saturated heterocycles. The van der Waals surface area contributed by atoms with E-state index in [1.54, 1.807) is 0 Å². The molecule has 0 bridgehead atoms. The summed E-state index contributed by atoms with van der Waals surface area (Å²) >= 11 is 2.31. The summed E-state index contributed by atoms with van der Waals surface area (Å²) in [7, 11) is 0. The first-order valence-corrected chi connectivity index (χ1v) is 7.37. The molecule has 94 valence electrons. The summed E-state index contributed by atoms with van der Waals surface area (Å²) in [6, 6.07) is 8.55. The van der Waals surface area contributed by atoms with Gasteiger partial charge in [-0.15, -0.1) is 0 Å². The van der Waals surface area contributed by atoms with E-state index >= 15 is 0 Å². The highest BCUT2D eigenvalue weighted by atomic mass is 127. The molecule has 0 spiro atoms. The van der Waals surface area contributed by atoms with Crippen molar-refractivity contribution in [3.8, 4) is 0 Å². The number of hydrogen-bond donors (Lipinski definition) is 2. The van der Waals surface area contributed by atoms with Crippen molar-refractivity contribution in [2.75, 3.05) is 6.54 Å². The third-order valence-electron chi connectivity index (χ3n) is 3.99. The van der Waals surface area contributed by atoms with E-state index in [2.05, 4.69) is 46.9 Å². The van der Waals surface area contributed by atoms with Gasteiger partial charge in [0.05, 0.1) is 6.10 Å². The van der Waals surface area contributed by atoms with Gasteiger partial charge in [0, 0.05) is 15.5 Å². The summed E-state index contributed by atoms with van der Waals surface area (Å²) in [6.07, 6.45) is 4.95. The molecule has 0 aromatic heterocycles. The zero-order valence-electron chi connectivity index (χ0n) is 10.0. The SMILES string of the molecule is NCC1(Cc2ccc(I)cc2)CCCCC1O. The zero-order chi connectivity index (χ0) is 12.3. The first kappa shape index (κ1) is 13.3. The van der Waals surface area contributed by atoms with Crippen LogP contribution in [0.1, 0.15) is 31.2 Å². The number of nitrogens with two attached hydrogens (primary N) is 1. The fourth-order valence-corrected chi connectivity index (χ4v) is 3.17. The van der Waals surface area contributed by atoms with Gasteiger partial charge in [-0.25, -0.2) is 0 Å². The Kier molecular flexibility index (Phi) is 4.44. The number of aliphatic hydroxyl groups excluding tert-OH is 1. The Balaban J connectivity index is 2.15. The molecule has 1 saturated carbocycles. The topological polar surface area (TPSA) is 46.2 Å². The zero-order valence-corrected chi connectivity index (χ0v) is 12.2. The van der Waals surface area contributed by atoms with Gasteiger partial charge in [-0.05, 0) is 59.5 Å². The van der Waals surface area contributed by atoms with Crippen LogP contribution in [-0.2, 0) is 6.42 Å². The van der Waals surface area contributed by atoms with E-state index in [4.69, 9.17) is 5.73 Å². The van der Waals surface area contributed by atoms with Gasteiger partial charge in [-0.2, -0.15) is 0 Å². The Labute approximate surface area is 117 Å². The standard InChI is InChI=1S/C14H20INO/c15-12-6-4-11(5-7-12)9-14(10-16)8-2-1-3-13(14)17/h4-7,13,17H,1-3,8-10,16H2. The summed E-state index contributed by atoms with van der Waals surface area (Å²) in [4.78, 5) is 0. The van der Waals surface area contributed by atoms with Crippen LogP contribution in [-0.4, -0.2) is 17.8 Å². The second-order valence-electron chi connectivity index (χ2n) is 5.13. The van der Waals surface area contributed by atoms with Crippen molar-refractivity contribution in [2.24, 2.45) is 11.1 Å².